The number of hydrogen-bond acceptors (Lipinski definition) is 6. The number of fused-ring (bicyclic) bond motifs is 18. The summed E-state index contributed by atoms with van der Waals surface area (Å²) in [6.07, 6.45) is 25.6. The second-order valence-electron chi connectivity index (χ2n) is 19.9. The number of rotatable bonds is 20. The molecule has 0 aliphatic carbocycles. The average molecular weight is 974 g/mol. The monoisotopic (exact) mass is 972 g/mol. The van der Waals surface area contributed by atoms with E-state index in [2.05, 4.69) is 120 Å². The Labute approximate surface area is 412 Å². The zero-order valence-corrected chi connectivity index (χ0v) is 44.1. The van der Waals surface area contributed by atoms with Crippen molar-refractivity contribution in [3.8, 4) is 0 Å². The molecule has 336 valence electrons. The number of unbranched alkanes of at least 4 members (excludes halogenated alkanes) is 12. The Morgan fingerprint density at radius 1 is 0.273 bits per heavy atom. The van der Waals surface area contributed by atoms with Crippen molar-refractivity contribution in [3.63, 3.8) is 0 Å². The molecule has 0 aliphatic heterocycles. The molecule has 0 nitrogen and oxygen atoms in total. The Hall–Kier alpha value is -3.36. The first-order chi connectivity index (χ1) is 32.6. The van der Waals surface area contributed by atoms with Crippen molar-refractivity contribution in [3.05, 3.63) is 66.7 Å². The van der Waals surface area contributed by atoms with Gasteiger partial charge in [-0.05, 0) is 98.5 Å². The first-order valence-corrected chi connectivity index (χ1v) is 30.8. The van der Waals surface area contributed by atoms with Crippen LogP contribution in [-0.4, -0.2) is 0 Å². The highest BCUT2D eigenvalue weighted by Gasteiger charge is 2.33. The third kappa shape index (κ3) is 6.33. The fourth-order valence-corrected chi connectivity index (χ4v) is 19.6. The third-order valence-corrected chi connectivity index (χ3v) is 22.3. The summed E-state index contributed by atoms with van der Waals surface area (Å²) in [5, 5.41) is 32.7. The normalized spacial score (nSPS) is 13.2. The van der Waals surface area contributed by atoms with Crippen molar-refractivity contribution in [2.24, 2.45) is 0 Å². The van der Waals surface area contributed by atoms with Crippen LogP contribution in [0.15, 0.2) is 47.2 Å². The molecule has 13 aromatic rings. The van der Waals surface area contributed by atoms with Crippen molar-refractivity contribution < 1.29 is 0 Å². The minimum Gasteiger partial charge on any atom is -0.143 e. The predicted molar refractivity (Wildman–Crippen MR) is 309 cm³/mol. The molecule has 0 aliphatic rings. The third-order valence-electron chi connectivity index (χ3n) is 15.5. The van der Waals surface area contributed by atoms with E-state index in [4.69, 9.17) is 0 Å². The highest BCUT2D eigenvalue weighted by molar-refractivity contribution is 7.25. The lowest BCUT2D eigenvalue weighted by atomic mass is 9.79. The van der Waals surface area contributed by atoms with E-state index in [0.29, 0.717) is 0 Å². The van der Waals surface area contributed by atoms with Gasteiger partial charge in [-0.25, -0.2) is 0 Å². The molecule has 0 unspecified atom stereocenters. The van der Waals surface area contributed by atoms with Crippen molar-refractivity contribution in [1.82, 2.24) is 0 Å². The highest BCUT2D eigenvalue weighted by Crippen LogP contribution is 2.62. The van der Waals surface area contributed by atoms with Crippen LogP contribution in [0.3, 0.4) is 0 Å². The van der Waals surface area contributed by atoms with Gasteiger partial charge in [-0.2, -0.15) is 0 Å². The Balaban J connectivity index is 1.26. The SMILES string of the molecule is CCCCCCc1cc2c(s1)c1c3ccsc3c3c4sc(CCCCCC)cc4c4c5cc(CCCCCC)sc5c5c6ccsc6c6c7sc(CCCCCC)cc7c2c2c1c3c4c5c62. The summed E-state index contributed by atoms with van der Waals surface area (Å²) in [7, 11) is 0. The van der Waals surface area contributed by atoms with Gasteiger partial charge in [0.15, 0.2) is 0 Å². The Morgan fingerprint density at radius 2 is 0.561 bits per heavy atom. The smallest absolute Gasteiger partial charge is 0.0445 e. The maximum Gasteiger partial charge on any atom is 0.0445 e. The van der Waals surface area contributed by atoms with E-state index >= 15 is 0 Å². The standard InChI is InChI=1S/C60H60S6/c1-5-9-13-17-21-33-29-39-43-41-31-35(23-19-15-11-7-3)65-59(41)53-51-47(43)49-45(57(39)63-33)37-25-27-61-55(37)54-52(49)48-44(42-32-36(66-60(42)54)24-20-16-12-8-4)40-30-34(22-18-14-10-6-2)64-58(40)46(50(48)51)38-26-28-62-56(38)53/h25-32H,5-24H2,1-4H3. The number of aryl methyl sites for hydroxylation is 4. The van der Waals surface area contributed by atoms with Gasteiger partial charge in [-0.15, -0.1) is 68.0 Å². The lowest BCUT2D eigenvalue weighted by molar-refractivity contribution is 0.670. The molecule has 13 rings (SSSR count). The summed E-state index contributed by atoms with van der Waals surface area (Å²) in [4.78, 5) is 6.32. The Morgan fingerprint density at radius 3 is 0.879 bits per heavy atom. The van der Waals surface area contributed by atoms with Gasteiger partial charge in [-0.3, -0.25) is 0 Å². The van der Waals surface area contributed by atoms with Gasteiger partial charge < -0.3 is 0 Å². The van der Waals surface area contributed by atoms with Crippen LogP contribution in [0.5, 0.6) is 0 Å². The van der Waals surface area contributed by atoms with Crippen LogP contribution in [0, 0.1) is 0 Å². The van der Waals surface area contributed by atoms with E-state index in [1.54, 1.807) is 103 Å². The van der Waals surface area contributed by atoms with Crippen molar-refractivity contribution in [2.75, 3.05) is 0 Å². The summed E-state index contributed by atoms with van der Waals surface area (Å²) in [5.41, 5.74) is 0. The molecule has 0 radical (unpaired) electrons. The molecule has 0 amide bonds. The van der Waals surface area contributed by atoms with Crippen LogP contribution in [0.4, 0.5) is 0 Å². The quantitative estimate of drug-likeness (QED) is 0.0406. The van der Waals surface area contributed by atoms with Gasteiger partial charge in [0.2, 0.25) is 0 Å². The second kappa shape index (κ2) is 17.2. The molecule has 0 atom stereocenters. The molecule has 6 heteroatoms. The second-order valence-corrected chi connectivity index (χ2v) is 26.3. The van der Waals surface area contributed by atoms with E-state index in [-0.39, 0.29) is 0 Å². The minimum atomic E-state index is 1.18. The lowest BCUT2D eigenvalue weighted by Gasteiger charge is -2.24. The molecular weight excluding hydrogens is 913 g/mol. The molecule has 6 heterocycles. The molecule has 0 spiro atoms. The van der Waals surface area contributed by atoms with Gasteiger partial charge in [0, 0.05) is 145 Å². The van der Waals surface area contributed by atoms with Crippen molar-refractivity contribution >= 4 is 193 Å². The molecule has 0 fully saturated rings. The minimum absolute atomic E-state index is 1.18. The summed E-state index contributed by atoms with van der Waals surface area (Å²) >= 11 is 12.6. The maximum absolute atomic E-state index is 2.69. The van der Waals surface area contributed by atoms with Crippen molar-refractivity contribution in [2.45, 2.75) is 156 Å². The topological polar surface area (TPSA) is 0 Å². The van der Waals surface area contributed by atoms with E-state index < -0.39 is 0 Å². The number of benzene rings is 7. The molecule has 0 N–H and O–H groups in total. The summed E-state index contributed by atoms with van der Waals surface area (Å²) < 4.78 is 9.21. The fraction of sp³-hybridized carbons (Fsp3) is 0.400. The molecular formula is C60H60S6. The zero-order valence-electron chi connectivity index (χ0n) is 39.2. The van der Waals surface area contributed by atoms with Crippen LogP contribution in [0.1, 0.15) is 150 Å². The summed E-state index contributed by atoms with van der Waals surface area (Å²) in [5.74, 6) is 0. The summed E-state index contributed by atoms with van der Waals surface area (Å²) in [6.45, 7) is 9.37. The molecule has 0 bridgehead atoms. The van der Waals surface area contributed by atoms with Gasteiger partial charge in [0.05, 0.1) is 0 Å². The Bertz CT molecular complexity index is 3390. The first-order valence-electron chi connectivity index (χ1n) is 25.8. The largest absolute Gasteiger partial charge is 0.143 e. The Kier molecular flexibility index (Phi) is 11.2. The zero-order chi connectivity index (χ0) is 44.2. The van der Waals surface area contributed by atoms with Gasteiger partial charge >= 0.3 is 0 Å². The van der Waals surface area contributed by atoms with E-state index in [1.807, 2.05) is 22.7 Å². The summed E-state index contributed by atoms with van der Waals surface area (Å²) in [6, 6.07) is 15.8. The lowest BCUT2D eigenvalue weighted by Crippen LogP contribution is -1.95. The van der Waals surface area contributed by atoms with Crippen LogP contribution in [0.25, 0.3) is 125 Å². The fourth-order valence-electron chi connectivity index (χ4n) is 12.5. The van der Waals surface area contributed by atoms with Gasteiger partial charge in [0.25, 0.3) is 0 Å². The van der Waals surface area contributed by atoms with E-state index in [9.17, 15) is 0 Å². The van der Waals surface area contributed by atoms with E-state index in [1.165, 1.54) is 170 Å². The van der Waals surface area contributed by atoms with Crippen molar-refractivity contribution in [1.29, 1.82) is 0 Å². The number of hydrogen-bond donors (Lipinski definition) is 0. The van der Waals surface area contributed by atoms with Crippen LogP contribution in [0.2, 0.25) is 0 Å². The molecule has 6 aromatic heterocycles. The van der Waals surface area contributed by atoms with Gasteiger partial charge in [0.1, 0.15) is 0 Å². The molecule has 66 heavy (non-hydrogen) atoms. The predicted octanol–water partition coefficient (Wildman–Crippen LogP) is 22.7. The molecule has 0 saturated heterocycles. The van der Waals surface area contributed by atoms with Crippen LogP contribution < -0.4 is 0 Å². The number of thiophene rings is 6. The molecule has 0 saturated carbocycles. The van der Waals surface area contributed by atoms with Crippen LogP contribution >= 0.6 is 68.0 Å². The van der Waals surface area contributed by atoms with E-state index in [0.717, 1.165) is 0 Å². The first kappa shape index (κ1) is 42.7. The van der Waals surface area contributed by atoms with Crippen LogP contribution in [-0.2, 0) is 25.7 Å². The average Bonchev–Trinajstić information content (AvgIpc) is 4.19. The molecule has 7 aromatic carbocycles. The highest BCUT2D eigenvalue weighted by atomic mass is 32.1. The van der Waals surface area contributed by atoms with Gasteiger partial charge in [-0.1, -0.05) is 105 Å². The maximum atomic E-state index is 2.69.